The Morgan fingerprint density at radius 3 is 1.20 bits per heavy atom. The van der Waals surface area contributed by atoms with Gasteiger partial charge in [-0.2, -0.15) is 0 Å². The van der Waals surface area contributed by atoms with Crippen LogP contribution in [0.4, 0.5) is 4.79 Å². The molecule has 0 fully saturated rings. The third-order valence-electron chi connectivity index (χ3n) is 0. The summed E-state index contributed by atoms with van der Waals surface area (Å²) >= 11 is -3.29. The van der Waals surface area contributed by atoms with Gasteiger partial charge in [0.1, 0.15) is 0 Å². The first kappa shape index (κ1) is 22.5. The molecule has 0 atom stereocenters. The van der Waals surface area contributed by atoms with E-state index in [0.717, 1.165) is 0 Å². The predicted octanol–water partition coefficient (Wildman–Crippen LogP) is -10.1. The molecule has 0 bridgehead atoms. The second kappa shape index (κ2) is 16.9. The van der Waals surface area contributed by atoms with Crippen LogP contribution in [0.1, 0.15) is 0 Å². The number of rotatable bonds is 0. The van der Waals surface area contributed by atoms with E-state index in [9.17, 15) is 0 Å². The van der Waals surface area contributed by atoms with Crippen molar-refractivity contribution in [3.05, 3.63) is 0 Å². The smallest absolute Gasteiger partial charge is 1.00 e. The van der Waals surface area contributed by atoms with Gasteiger partial charge in [-0.05, 0) is 6.16 Å². The zero-order chi connectivity index (χ0) is 7.15. The normalized spacial score (nSPS) is 5.90. The van der Waals surface area contributed by atoms with E-state index in [-0.39, 0.29) is 59.1 Å². The number of hydrogen-bond acceptors (Lipinski definition) is 4. The molecular formula is CH2Na2O6Se. The second-order valence-electron chi connectivity index (χ2n) is 0.481. The molecular weight excluding hydrogens is 233 g/mol. The van der Waals surface area contributed by atoms with Crippen LogP contribution in [0.3, 0.4) is 0 Å². The molecule has 0 aromatic rings. The zero-order valence-electron chi connectivity index (χ0n) is 5.44. The summed E-state index contributed by atoms with van der Waals surface area (Å²) < 4.78 is 23.1. The molecule has 0 aromatic carbocycles. The Balaban J connectivity index is -0.0000000300. The second-order valence-corrected chi connectivity index (χ2v) is 1.45. The van der Waals surface area contributed by atoms with Crippen molar-refractivity contribution in [2.75, 3.05) is 0 Å². The summed E-state index contributed by atoms with van der Waals surface area (Å²) in [5, 5.41) is 16.7. The van der Waals surface area contributed by atoms with Crippen molar-refractivity contribution >= 4 is 20.6 Å². The van der Waals surface area contributed by atoms with Crippen molar-refractivity contribution in [1.29, 1.82) is 0 Å². The van der Waals surface area contributed by atoms with E-state index in [4.69, 9.17) is 27.2 Å². The van der Waals surface area contributed by atoms with Crippen molar-refractivity contribution in [2.45, 2.75) is 0 Å². The van der Waals surface area contributed by atoms with Gasteiger partial charge in [0.05, 0.1) is 0 Å². The first-order valence-corrected chi connectivity index (χ1v) is 3.38. The number of carbonyl (C=O) groups excluding carboxylic acids is 1. The Bertz CT molecular complexity index is 73.7. The standard InChI is InChI=1S/CH2O3.2Na.H2O3Se/c2-1(3)4;;;1-4(2)3/h(H2,2,3,4);;;(H2,1,2,3)/q;2*+1;/p-2. The fourth-order valence-corrected chi connectivity index (χ4v) is 0. The van der Waals surface area contributed by atoms with Crippen molar-refractivity contribution in [1.82, 2.24) is 0 Å². The predicted molar refractivity (Wildman–Crippen MR) is 16.3 cm³/mol. The molecule has 0 aromatic heterocycles. The summed E-state index contributed by atoms with van der Waals surface area (Å²) in [6.45, 7) is 0. The van der Waals surface area contributed by atoms with Gasteiger partial charge in [-0.15, -0.1) is 0 Å². The molecule has 0 unspecified atom stereocenters. The fourth-order valence-electron chi connectivity index (χ4n) is 0. The van der Waals surface area contributed by atoms with Gasteiger partial charge in [-0.3, -0.25) is 0 Å². The van der Waals surface area contributed by atoms with E-state index in [2.05, 4.69) is 0 Å². The summed E-state index contributed by atoms with van der Waals surface area (Å²) in [6, 6.07) is 0. The van der Waals surface area contributed by atoms with Crippen LogP contribution in [0, 0.1) is 0 Å². The third kappa shape index (κ3) is 302. The van der Waals surface area contributed by atoms with Crippen LogP contribution in [0.25, 0.3) is 0 Å². The summed E-state index contributed by atoms with van der Waals surface area (Å²) in [5.41, 5.74) is 0. The molecule has 0 rings (SSSR count). The average Bonchev–Trinajstić information content (AvgIpc) is 1.25. The van der Waals surface area contributed by atoms with Gasteiger partial charge < -0.3 is 15.0 Å². The molecule has 0 heterocycles. The Kier molecular flexibility index (Phi) is 38.0. The number of hydrogen-bond donors (Lipinski definition) is 2. The minimum Gasteiger partial charge on any atom is 1.00 e. The Hall–Kier alpha value is 1.51. The molecule has 0 aliphatic carbocycles. The maximum absolute atomic E-state index is 8.76. The Morgan fingerprint density at radius 1 is 1.20 bits per heavy atom. The van der Waals surface area contributed by atoms with Crippen LogP contribution in [-0.4, -0.2) is 29.0 Å². The summed E-state index contributed by atoms with van der Waals surface area (Å²) in [5.74, 6) is 0. The topological polar surface area (TPSA) is 121 Å². The minimum absolute atomic E-state index is 0. The van der Waals surface area contributed by atoms with Crippen molar-refractivity contribution in [3.8, 4) is 0 Å². The Morgan fingerprint density at radius 2 is 1.20 bits per heavy atom. The monoisotopic (exact) mass is 236 g/mol. The summed E-state index contributed by atoms with van der Waals surface area (Å²) in [4.78, 5) is 8.33. The summed E-state index contributed by atoms with van der Waals surface area (Å²) in [7, 11) is 0. The molecule has 0 saturated carbocycles. The fraction of sp³-hybridized carbons (Fsp3) is 0. The molecule has 0 saturated heterocycles. The quantitative estimate of drug-likeness (QED) is 0.402. The number of carboxylic acid groups (broad SMARTS) is 2. The van der Waals surface area contributed by atoms with Gasteiger partial charge in [0.15, 0.2) is 0 Å². The largest absolute Gasteiger partial charge is 1.00 e. The van der Waals surface area contributed by atoms with Gasteiger partial charge in [0.25, 0.3) is 0 Å². The van der Waals surface area contributed by atoms with E-state index in [1.165, 1.54) is 0 Å². The SMILES string of the molecule is O=C([O-])[O-].O=[Se](O)O.[Na+].[Na+]. The molecule has 0 aliphatic rings. The van der Waals surface area contributed by atoms with Crippen molar-refractivity contribution in [3.63, 3.8) is 0 Å². The third-order valence-corrected chi connectivity index (χ3v) is 0. The van der Waals surface area contributed by atoms with E-state index >= 15 is 0 Å². The van der Waals surface area contributed by atoms with Crippen molar-refractivity contribution in [2.24, 2.45) is 0 Å². The first-order valence-electron chi connectivity index (χ1n) is 1.14. The van der Waals surface area contributed by atoms with E-state index in [1.807, 2.05) is 0 Å². The molecule has 0 radical (unpaired) electrons. The van der Waals surface area contributed by atoms with E-state index in [1.54, 1.807) is 0 Å². The molecule has 6 nitrogen and oxygen atoms in total. The molecule has 0 amide bonds. The zero-order valence-corrected chi connectivity index (χ0v) is 11.1. The number of carbonyl (C=O) groups is 1. The Labute approximate surface area is 106 Å². The van der Waals surface area contributed by atoms with Gasteiger partial charge in [0.2, 0.25) is 0 Å². The van der Waals surface area contributed by atoms with Gasteiger partial charge in [-0.25, -0.2) is 0 Å². The van der Waals surface area contributed by atoms with Crippen LogP contribution in [-0.2, 0) is 3.83 Å². The van der Waals surface area contributed by atoms with Crippen LogP contribution in [0.15, 0.2) is 0 Å². The molecule has 2 N–H and O–H groups in total. The maximum Gasteiger partial charge on any atom is 1.00 e. The van der Waals surface area contributed by atoms with E-state index < -0.39 is 20.6 Å². The molecule has 9 heteroatoms. The molecule has 0 spiro atoms. The van der Waals surface area contributed by atoms with Crippen LogP contribution < -0.4 is 69.3 Å². The van der Waals surface area contributed by atoms with Gasteiger partial charge >= 0.3 is 85.8 Å². The first-order chi connectivity index (χ1) is 3.46. The molecule has 50 valence electrons. The van der Waals surface area contributed by atoms with Crippen LogP contribution in [0.5, 0.6) is 0 Å². The molecule has 10 heavy (non-hydrogen) atoms. The van der Waals surface area contributed by atoms with E-state index in [0.29, 0.717) is 0 Å². The molecule has 0 aliphatic heterocycles. The average molecular weight is 235 g/mol. The van der Waals surface area contributed by atoms with Crippen LogP contribution in [0.2, 0.25) is 0 Å². The summed E-state index contributed by atoms with van der Waals surface area (Å²) in [6.07, 6.45) is -2.33. The van der Waals surface area contributed by atoms with Crippen LogP contribution >= 0.6 is 0 Å². The van der Waals surface area contributed by atoms with Crippen molar-refractivity contribution < 1.29 is 86.3 Å². The van der Waals surface area contributed by atoms with Gasteiger partial charge in [-0.1, -0.05) is 0 Å². The van der Waals surface area contributed by atoms with Gasteiger partial charge in [0, 0.05) is 0 Å². The maximum atomic E-state index is 8.76. The minimum atomic E-state index is -3.29.